The van der Waals surface area contributed by atoms with Gasteiger partial charge in [0.25, 0.3) is 0 Å². The zero-order chi connectivity index (χ0) is 29.1. The quantitative estimate of drug-likeness (QED) is 0.362. The molecule has 0 radical (unpaired) electrons. The van der Waals surface area contributed by atoms with Gasteiger partial charge < -0.3 is 20.1 Å². The van der Waals surface area contributed by atoms with Crippen molar-refractivity contribution in [1.29, 1.82) is 0 Å². The fourth-order valence-corrected chi connectivity index (χ4v) is 6.45. The fourth-order valence-electron chi connectivity index (χ4n) is 6.45. The van der Waals surface area contributed by atoms with Crippen molar-refractivity contribution in [3.63, 3.8) is 0 Å². The van der Waals surface area contributed by atoms with Gasteiger partial charge in [-0.25, -0.2) is 4.79 Å². The van der Waals surface area contributed by atoms with Crippen molar-refractivity contribution < 1.29 is 24.2 Å². The number of benzene rings is 3. The van der Waals surface area contributed by atoms with Crippen LogP contribution >= 0.6 is 0 Å². The number of fused-ring (bicyclic) bond motifs is 3. The fraction of sp³-hybridized carbons (Fsp3) is 0.382. The van der Waals surface area contributed by atoms with E-state index in [0.29, 0.717) is 38.4 Å². The Morgan fingerprint density at radius 2 is 1.48 bits per heavy atom. The molecule has 3 aromatic rings. The molecule has 2 amide bonds. The Bertz CT molecular complexity index is 1400. The van der Waals surface area contributed by atoms with Gasteiger partial charge in [-0.1, -0.05) is 78.9 Å². The number of carbonyl (C=O) groups excluding carboxylic acids is 2. The Hall–Kier alpha value is -4.17. The van der Waals surface area contributed by atoms with E-state index >= 15 is 0 Å². The number of carboxylic acids is 1. The second-order valence-corrected chi connectivity index (χ2v) is 11.8. The second-order valence-electron chi connectivity index (χ2n) is 11.8. The topological polar surface area (TPSA) is 99.2 Å². The van der Waals surface area contributed by atoms with Crippen LogP contribution in [0.1, 0.15) is 48.3 Å². The third-order valence-electron chi connectivity index (χ3n) is 8.84. The van der Waals surface area contributed by atoms with Crippen molar-refractivity contribution in [2.75, 3.05) is 32.8 Å². The number of carbonyl (C=O) groups is 3. The normalized spacial score (nSPS) is 17.6. The maximum absolute atomic E-state index is 14.1. The maximum atomic E-state index is 14.1. The molecule has 2 aliphatic carbocycles. The van der Waals surface area contributed by atoms with Crippen LogP contribution in [0.5, 0.6) is 0 Å². The van der Waals surface area contributed by atoms with Gasteiger partial charge in [0, 0.05) is 32.1 Å². The van der Waals surface area contributed by atoms with Gasteiger partial charge in [0.2, 0.25) is 5.91 Å². The minimum absolute atomic E-state index is 0.0964. The number of piperidine rings is 1. The third kappa shape index (κ3) is 6.04. The molecule has 0 bridgehead atoms. The molecule has 6 rings (SSSR count). The smallest absolute Gasteiger partial charge is 0.408 e. The first-order valence-electron chi connectivity index (χ1n) is 14.8. The summed E-state index contributed by atoms with van der Waals surface area (Å²) in [5.74, 6) is -1.16. The highest BCUT2D eigenvalue weighted by Crippen LogP contribution is 2.44. The molecule has 218 valence electrons. The van der Waals surface area contributed by atoms with Gasteiger partial charge in [-0.05, 0) is 59.4 Å². The van der Waals surface area contributed by atoms with E-state index < -0.39 is 17.6 Å². The average Bonchev–Trinajstić information content (AvgIpc) is 3.77. The van der Waals surface area contributed by atoms with Crippen LogP contribution in [0.15, 0.2) is 78.9 Å². The highest BCUT2D eigenvalue weighted by molar-refractivity contribution is 5.92. The molecule has 42 heavy (non-hydrogen) atoms. The Morgan fingerprint density at radius 3 is 2.07 bits per heavy atom. The Labute approximate surface area is 246 Å². The van der Waals surface area contributed by atoms with Gasteiger partial charge in [-0.15, -0.1) is 0 Å². The Morgan fingerprint density at radius 1 is 0.881 bits per heavy atom. The third-order valence-corrected chi connectivity index (χ3v) is 8.84. The van der Waals surface area contributed by atoms with Gasteiger partial charge >= 0.3 is 12.1 Å². The highest BCUT2D eigenvalue weighted by Gasteiger charge is 2.46. The largest absolute Gasteiger partial charge is 0.480 e. The molecule has 1 heterocycles. The number of nitrogens with one attached hydrogen (secondary N) is 1. The lowest BCUT2D eigenvalue weighted by atomic mass is 9.85. The number of hydrogen-bond donors (Lipinski definition) is 2. The number of nitrogens with zero attached hydrogens (tertiary/aromatic N) is 2. The standard InChI is InChI=1S/C34H37N3O5/c38-31(39)22-37(21-25-14-15-25)32(40)34(16-18-36(19-17-34)20-24-8-2-1-3-9-24)35-33(41)42-23-30-28-12-6-4-10-26(28)27-11-5-7-13-29(27)30/h1-13,25,30H,14-23H2,(H,35,41)(H,38,39). The summed E-state index contributed by atoms with van der Waals surface area (Å²) in [4.78, 5) is 42.9. The van der Waals surface area contributed by atoms with Gasteiger partial charge in [-0.3, -0.25) is 14.5 Å². The van der Waals surface area contributed by atoms with E-state index in [9.17, 15) is 19.5 Å². The van der Waals surface area contributed by atoms with Crippen molar-refractivity contribution >= 4 is 18.0 Å². The van der Waals surface area contributed by atoms with E-state index in [2.05, 4.69) is 46.6 Å². The number of carboxylic acid groups (broad SMARTS) is 1. The number of amides is 2. The summed E-state index contributed by atoms with van der Waals surface area (Å²) < 4.78 is 5.84. The lowest BCUT2D eigenvalue weighted by Crippen LogP contribution is -2.64. The summed E-state index contributed by atoms with van der Waals surface area (Å²) in [6.45, 7) is 2.09. The van der Waals surface area contributed by atoms with Crippen LogP contribution in [0.2, 0.25) is 0 Å². The van der Waals surface area contributed by atoms with Crippen molar-refractivity contribution in [2.45, 2.75) is 43.7 Å². The predicted octanol–water partition coefficient (Wildman–Crippen LogP) is 4.88. The zero-order valence-corrected chi connectivity index (χ0v) is 23.7. The Kier molecular flexibility index (Phi) is 7.98. The molecule has 0 spiro atoms. The summed E-state index contributed by atoms with van der Waals surface area (Å²) in [7, 11) is 0. The van der Waals surface area contributed by atoms with Crippen molar-refractivity contribution in [1.82, 2.24) is 15.1 Å². The van der Waals surface area contributed by atoms with E-state index in [1.165, 1.54) is 10.5 Å². The number of hydrogen-bond acceptors (Lipinski definition) is 5. The van der Waals surface area contributed by atoms with E-state index in [1.807, 2.05) is 42.5 Å². The van der Waals surface area contributed by atoms with Crippen LogP contribution in [0.25, 0.3) is 11.1 Å². The minimum Gasteiger partial charge on any atom is -0.480 e. The lowest BCUT2D eigenvalue weighted by Gasteiger charge is -2.43. The van der Waals surface area contributed by atoms with Crippen LogP contribution in [0.3, 0.4) is 0 Å². The minimum atomic E-state index is -1.22. The molecule has 8 nitrogen and oxygen atoms in total. The van der Waals surface area contributed by atoms with Crippen molar-refractivity contribution in [3.8, 4) is 11.1 Å². The number of aliphatic carboxylic acids is 1. The first kappa shape index (κ1) is 28.0. The number of likely N-dealkylation sites (tertiary alicyclic amines) is 1. The number of rotatable bonds is 10. The van der Waals surface area contributed by atoms with Gasteiger partial charge in [0.1, 0.15) is 18.7 Å². The molecule has 3 aliphatic rings. The van der Waals surface area contributed by atoms with E-state index in [-0.39, 0.29) is 25.0 Å². The number of ether oxygens (including phenoxy) is 1. The summed E-state index contributed by atoms with van der Waals surface area (Å²) in [5, 5.41) is 12.6. The average molecular weight is 568 g/mol. The summed E-state index contributed by atoms with van der Waals surface area (Å²) >= 11 is 0. The Balaban J connectivity index is 1.18. The molecule has 0 unspecified atom stereocenters. The highest BCUT2D eigenvalue weighted by atomic mass is 16.5. The van der Waals surface area contributed by atoms with Gasteiger partial charge in [-0.2, -0.15) is 0 Å². The maximum Gasteiger partial charge on any atom is 0.408 e. The molecule has 1 saturated carbocycles. The summed E-state index contributed by atoms with van der Waals surface area (Å²) in [6, 6.07) is 26.5. The monoisotopic (exact) mass is 567 g/mol. The van der Waals surface area contributed by atoms with E-state index in [0.717, 1.165) is 41.6 Å². The van der Waals surface area contributed by atoms with Gasteiger partial charge in [0.05, 0.1) is 0 Å². The molecular weight excluding hydrogens is 530 g/mol. The van der Waals surface area contributed by atoms with Crippen molar-refractivity contribution in [3.05, 3.63) is 95.6 Å². The molecule has 2 N–H and O–H groups in total. The second kappa shape index (κ2) is 12.0. The van der Waals surface area contributed by atoms with E-state index in [4.69, 9.17) is 4.74 Å². The van der Waals surface area contributed by atoms with Crippen LogP contribution in [0, 0.1) is 5.92 Å². The summed E-state index contributed by atoms with van der Waals surface area (Å²) in [5.41, 5.74) is 4.47. The lowest BCUT2D eigenvalue weighted by molar-refractivity contribution is -0.149. The van der Waals surface area contributed by atoms with Crippen LogP contribution < -0.4 is 5.32 Å². The van der Waals surface area contributed by atoms with E-state index in [1.54, 1.807) is 0 Å². The van der Waals surface area contributed by atoms with Crippen LogP contribution in [-0.4, -0.2) is 71.2 Å². The van der Waals surface area contributed by atoms with Crippen molar-refractivity contribution in [2.24, 2.45) is 5.92 Å². The van der Waals surface area contributed by atoms with Gasteiger partial charge in [0.15, 0.2) is 0 Å². The zero-order valence-electron chi connectivity index (χ0n) is 23.7. The van der Waals surface area contributed by atoms with Crippen LogP contribution in [-0.2, 0) is 20.9 Å². The molecule has 0 atom stereocenters. The SMILES string of the molecule is O=C(O)CN(CC1CC1)C(=O)C1(NC(=O)OCC2c3ccccc3-c3ccccc32)CCN(Cc2ccccc2)CC1. The summed E-state index contributed by atoms with van der Waals surface area (Å²) in [6.07, 6.45) is 2.08. The molecule has 0 aromatic heterocycles. The molecule has 8 heteroatoms. The first-order valence-corrected chi connectivity index (χ1v) is 14.8. The first-order chi connectivity index (χ1) is 20.4. The molecule has 1 aliphatic heterocycles. The molecule has 3 aromatic carbocycles. The molecule has 1 saturated heterocycles. The molecule has 2 fully saturated rings. The predicted molar refractivity (Wildman–Crippen MR) is 159 cm³/mol. The van der Waals surface area contributed by atoms with Crippen LogP contribution in [0.4, 0.5) is 4.79 Å². The number of alkyl carbamates (subject to hydrolysis) is 1. The molecular formula is C34H37N3O5.